The lowest BCUT2D eigenvalue weighted by atomic mass is 9.95. The molecule has 3 aromatic rings. The molecule has 2 aromatic carbocycles. The van der Waals surface area contributed by atoms with Crippen LogP contribution < -0.4 is 4.74 Å². The van der Waals surface area contributed by atoms with E-state index in [4.69, 9.17) is 16.3 Å². The molecule has 2 heterocycles. The summed E-state index contributed by atoms with van der Waals surface area (Å²) >= 11 is 6.14. The third-order valence-corrected chi connectivity index (χ3v) is 5.20. The van der Waals surface area contributed by atoms with Crippen molar-refractivity contribution in [3.8, 4) is 22.8 Å². The first-order chi connectivity index (χ1) is 14.5. The molecular formula is C23H20ClN3O3. The van der Waals surface area contributed by atoms with E-state index in [0.717, 1.165) is 5.56 Å². The summed E-state index contributed by atoms with van der Waals surface area (Å²) in [4.78, 5) is 14.8. The molecule has 0 radical (unpaired) electrons. The molecule has 1 unspecified atom stereocenters. The van der Waals surface area contributed by atoms with Crippen molar-refractivity contribution in [3.63, 3.8) is 0 Å². The Balaban J connectivity index is 1.83. The standard InChI is InChI=1S/C23H20ClN3O3/c1-3-11-27-22(14-5-8-16(9-6-14)30-12-4-2)19-20(25-26-21(19)23(27)29)17-13-15(24)7-10-18(17)28/h3-10,13,22,28H,1-2,11-12H2,(H,25,26). The number of aromatic amines is 1. The number of nitrogens with zero attached hydrogens (tertiary/aromatic N) is 2. The lowest BCUT2D eigenvalue weighted by Gasteiger charge is -2.25. The second-order valence-corrected chi connectivity index (χ2v) is 7.28. The quantitative estimate of drug-likeness (QED) is 0.540. The number of benzene rings is 2. The lowest BCUT2D eigenvalue weighted by molar-refractivity contribution is 0.0764. The second-order valence-electron chi connectivity index (χ2n) is 6.84. The number of amides is 1. The van der Waals surface area contributed by atoms with Crippen LogP contribution in [0.1, 0.15) is 27.7 Å². The minimum atomic E-state index is -0.397. The van der Waals surface area contributed by atoms with Gasteiger partial charge >= 0.3 is 0 Å². The van der Waals surface area contributed by atoms with E-state index < -0.39 is 6.04 Å². The van der Waals surface area contributed by atoms with Crippen LogP contribution in [0.15, 0.2) is 67.8 Å². The first-order valence-corrected chi connectivity index (χ1v) is 9.75. The van der Waals surface area contributed by atoms with Gasteiger partial charge in [0, 0.05) is 22.7 Å². The Morgan fingerprint density at radius 3 is 2.67 bits per heavy atom. The molecule has 1 aromatic heterocycles. The number of halogens is 1. The average Bonchev–Trinajstić information content (AvgIpc) is 3.29. The maximum atomic E-state index is 13.1. The van der Waals surface area contributed by atoms with Crippen LogP contribution in [-0.4, -0.2) is 39.3 Å². The molecule has 0 fully saturated rings. The summed E-state index contributed by atoms with van der Waals surface area (Å²) in [7, 11) is 0. The van der Waals surface area contributed by atoms with Crippen LogP contribution in [-0.2, 0) is 0 Å². The number of rotatable bonds is 7. The molecular weight excluding hydrogens is 402 g/mol. The highest BCUT2D eigenvalue weighted by Gasteiger charge is 2.42. The number of carbonyl (C=O) groups is 1. The fourth-order valence-electron chi connectivity index (χ4n) is 3.68. The number of H-pyrrole nitrogens is 1. The van der Waals surface area contributed by atoms with E-state index in [-0.39, 0.29) is 11.7 Å². The molecule has 30 heavy (non-hydrogen) atoms. The van der Waals surface area contributed by atoms with Crippen molar-refractivity contribution in [2.45, 2.75) is 6.04 Å². The molecule has 1 aliphatic rings. The average molecular weight is 422 g/mol. The Morgan fingerprint density at radius 1 is 1.20 bits per heavy atom. The zero-order valence-corrected chi connectivity index (χ0v) is 16.9. The van der Waals surface area contributed by atoms with Crippen LogP contribution in [0, 0.1) is 0 Å². The molecule has 2 N–H and O–H groups in total. The summed E-state index contributed by atoms with van der Waals surface area (Å²) in [5.41, 5.74) is 2.92. The molecule has 1 aliphatic heterocycles. The molecule has 1 atom stereocenters. The van der Waals surface area contributed by atoms with Crippen molar-refractivity contribution in [3.05, 3.63) is 89.6 Å². The highest BCUT2D eigenvalue weighted by molar-refractivity contribution is 6.31. The van der Waals surface area contributed by atoms with Crippen LogP contribution in [0.3, 0.4) is 0 Å². The number of ether oxygens (including phenoxy) is 1. The van der Waals surface area contributed by atoms with Gasteiger partial charge in [-0.15, -0.1) is 6.58 Å². The van der Waals surface area contributed by atoms with Gasteiger partial charge in [-0.1, -0.05) is 42.5 Å². The fraction of sp³-hybridized carbons (Fsp3) is 0.130. The minimum absolute atomic E-state index is 0.0373. The van der Waals surface area contributed by atoms with Crippen molar-refractivity contribution >= 4 is 17.5 Å². The molecule has 0 aliphatic carbocycles. The molecule has 6 nitrogen and oxygen atoms in total. The number of hydrogen-bond donors (Lipinski definition) is 2. The van der Waals surface area contributed by atoms with Gasteiger partial charge in [-0.2, -0.15) is 5.10 Å². The highest BCUT2D eigenvalue weighted by atomic mass is 35.5. The van der Waals surface area contributed by atoms with Crippen LogP contribution >= 0.6 is 11.6 Å². The highest BCUT2D eigenvalue weighted by Crippen LogP contribution is 2.45. The largest absolute Gasteiger partial charge is 0.507 e. The summed E-state index contributed by atoms with van der Waals surface area (Å²) in [6.45, 7) is 8.20. The first kappa shape index (κ1) is 19.8. The molecule has 0 saturated carbocycles. The first-order valence-electron chi connectivity index (χ1n) is 9.37. The van der Waals surface area contributed by atoms with Crippen molar-refractivity contribution in [2.24, 2.45) is 0 Å². The van der Waals surface area contributed by atoms with E-state index in [1.54, 1.807) is 29.2 Å². The van der Waals surface area contributed by atoms with Gasteiger partial charge in [0.15, 0.2) is 0 Å². The summed E-state index contributed by atoms with van der Waals surface area (Å²) in [6.07, 6.45) is 3.36. The van der Waals surface area contributed by atoms with Crippen LogP contribution in [0.2, 0.25) is 5.02 Å². The van der Waals surface area contributed by atoms with Crippen LogP contribution in [0.25, 0.3) is 11.3 Å². The number of carbonyl (C=O) groups excluding carboxylic acids is 1. The Kier molecular flexibility index (Phi) is 5.33. The summed E-state index contributed by atoms with van der Waals surface area (Å²) in [5, 5.41) is 18.0. The summed E-state index contributed by atoms with van der Waals surface area (Å²) in [5.74, 6) is 0.566. The zero-order chi connectivity index (χ0) is 21.3. The Morgan fingerprint density at radius 2 is 1.97 bits per heavy atom. The smallest absolute Gasteiger partial charge is 0.273 e. The Hall–Kier alpha value is -3.51. The fourth-order valence-corrected chi connectivity index (χ4v) is 3.85. The molecule has 152 valence electrons. The van der Waals surface area contributed by atoms with Gasteiger partial charge in [0.1, 0.15) is 29.5 Å². The second kappa shape index (κ2) is 8.08. The van der Waals surface area contributed by atoms with E-state index in [1.807, 2.05) is 24.3 Å². The van der Waals surface area contributed by atoms with E-state index in [0.29, 0.717) is 46.4 Å². The lowest BCUT2D eigenvalue weighted by Crippen LogP contribution is -2.29. The number of hydrogen-bond acceptors (Lipinski definition) is 4. The van der Waals surface area contributed by atoms with Crippen LogP contribution in [0.4, 0.5) is 0 Å². The Bertz CT molecular complexity index is 1120. The van der Waals surface area contributed by atoms with E-state index in [9.17, 15) is 9.90 Å². The summed E-state index contributed by atoms with van der Waals surface area (Å²) in [6, 6.07) is 11.9. The van der Waals surface area contributed by atoms with Crippen molar-refractivity contribution in [1.82, 2.24) is 15.1 Å². The molecule has 0 saturated heterocycles. The number of aromatic nitrogens is 2. The van der Waals surface area contributed by atoms with Crippen LogP contribution in [0.5, 0.6) is 11.5 Å². The van der Waals surface area contributed by atoms with Gasteiger partial charge in [-0.25, -0.2) is 0 Å². The number of nitrogens with one attached hydrogen (secondary N) is 1. The van der Waals surface area contributed by atoms with Gasteiger partial charge in [0.25, 0.3) is 5.91 Å². The maximum Gasteiger partial charge on any atom is 0.273 e. The topological polar surface area (TPSA) is 78.5 Å². The molecule has 0 spiro atoms. The van der Waals surface area contributed by atoms with E-state index in [2.05, 4.69) is 23.4 Å². The number of fused-ring (bicyclic) bond motifs is 1. The van der Waals surface area contributed by atoms with Gasteiger partial charge in [0.05, 0.1) is 6.04 Å². The SMILES string of the molecule is C=CCOc1ccc(C2c3c(-c4cc(Cl)ccc4O)n[nH]c3C(=O)N2CC=C)cc1. The van der Waals surface area contributed by atoms with Crippen molar-refractivity contribution in [1.29, 1.82) is 0 Å². The van der Waals surface area contributed by atoms with Gasteiger partial charge in [0.2, 0.25) is 0 Å². The molecule has 4 rings (SSSR count). The van der Waals surface area contributed by atoms with Gasteiger partial charge in [-0.05, 0) is 35.9 Å². The zero-order valence-electron chi connectivity index (χ0n) is 16.1. The van der Waals surface area contributed by atoms with Crippen molar-refractivity contribution in [2.75, 3.05) is 13.2 Å². The predicted molar refractivity (Wildman–Crippen MR) is 116 cm³/mol. The number of aromatic hydroxyl groups is 1. The normalized spacial score (nSPS) is 15.2. The third-order valence-electron chi connectivity index (χ3n) is 4.97. The number of phenolic OH excluding ortho intramolecular Hbond substituents is 1. The predicted octanol–water partition coefficient (Wildman–Crippen LogP) is 4.73. The van der Waals surface area contributed by atoms with E-state index in [1.165, 1.54) is 6.07 Å². The minimum Gasteiger partial charge on any atom is -0.507 e. The van der Waals surface area contributed by atoms with E-state index >= 15 is 0 Å². The monoisotopic (exact) mass is 421 g/mol. The molecule has 1 amide bonds. The molecule has 7 heteroatoms. The van der Waals surface area contributed by atoms with Gasteiger partial charge < -0.3 is 14.7 Å². The van der Waals surface area contributed by atoms with Gasteiger partial charge in [-0.3, -0.25) is 9.89 Å². The molecule has 0 bridgehead atoms. The number of phenols is 1. The maximum absolute atomic E-state index is 13.1. The van der Waals surface area contributed by atoms with Crippen molar-refractivity contribution < 1.29 is 14.6 Å². The third kappa shape index (κ3) is 3.35. The summed E-state index contributed by atoms with van der Waals surface area (Å²) < 4.78 is 5.56. The Labute approximate surface area is 179 Å².